The Hall–Kier alpha value is -2.04. The fourth-order valence-electron chi connectivity index (χ4n) is 1.47. The molecule has 0 saturated heterocycles. The number of hydrogen-bond donors (Lipinski definition) is 2. The molecule has 17 heavy (non-hydrogen) atoms. The number of likely N-dealkylation sites (N-methyl/N-ethyl adjacent to an activating group) is 1. The predicted molar refractivity (Wildman–Crippen MR) is 62.3 cm³/mol. The van der Waals surface area contributed by atoms with Gasteiger partial charge in [0.2, 0.25) is 5.91 Å². The zero-order valence-corrected chi connectivity index (χ0v) is 9.82. The summed E-state index contributed by atoms with van der Waals surface area (Å²) in [5, 5.41) is 11.7. The monoisotopic (exact) mass is 237 g/mol. The van der Waals surface area contributed by atoms with Crippen LogP contribution in [0.5, 0.6) is 5.75 Å². The van der Waals surface area contributed by atoms with E-state index in [1.165, 1.54) is 13.2 Å². The molecule has 0 spiro atoms. The van der Waals surface area contributed by atoms with Gasteiger partial charge >= 0.3 is 5.97 Å². The topological polar surface area (TPSA) is 75.6 Å². The third-order valence-corrected chi connectivity index (χ3v) is 2.27. The van der Waals surface area contributed by atoms with Gasteiger partial charge in [-0.3, -0.25) is 4.79 Å². The first-order valence-corrected chi connectivity index (χ1v) is 5.25. The van der Waals surface area contributed by atoms with Gasteiger partial charge in [-0.1, -0.05) is 6.07 Å². The van der Waals surface area contributed by atoms with Crippen molar-refractivity contribution in [1.82, 2.24) is 5.32 Å². The van der Waals surface area contributed by atoms with Crippen molar-refractivity contribution in [2.24, 2.45) is 0 Å². The molecule has 0 aromatic heterocycles. The average Bonchev–Trinajstić information content (AvgIpc) is 2.29. The highest BCUT2D eigenvalue weighted by Crippen LogP contribution is 2.18. The van der Waals surface area contributed by atoms with Crippen LogP contribution in [0.3, 0.4) is 0 Å². The van der Waals surface area contributed by atoms with E-state index in [0.29, 0.717) is 17.9 Å². The quantitative estimate of drug-likeness (QED) is 0.803. The molecule has 0 fully saturated rings. The molecule has 1 amide bonds. The van der Waals surface area contributed by atoms with E-state index in [4.69, 9.17) is 9.84 Å². The molecule has 0 heterocycles. The van der Waals surface area contributed by atoms with Gasteiger partial charge in [-0.05, 0) is 24.6 Å². The summed E-state index contributed by atoms with van der Waals surface area (Å²) in [5.74, 6) is -0.801. The molecule has 5 heteroatoms. The minimum Gasteiger partial charge on any atom is -0.497 e. The second-order valence-corrected chi connectivity index (χ2v) is 3.46. The Morgan fingerprint density at radius 2 is 2.12 bits per heavy atom. The Bertz CT molecular complexity index is 429. The number of methoxy groups -OCH3 is 1. The molecule has 0 radical (unpaired) electrons. The second kappa shape index (κ2) is 5.89. The summed E-state index contributed by atoms with van der Waals surface area (Å²) in [6.45, 7) is 2.33. The highest BCUT2D eigenvalue weighted by molar-refractivity contribution is 5.92. The summed E-state index contributed by atoms with van der Waals surface area (Å²) in [6, 6.07) is 4.65. The fourth-order valence-corrected chi connectivity index (χ4v) is 1.47. The molecule has 1 rings (SSSR count). The van der Waals surface area contributed by atoms with Crippen LogP contribution < -0.4 is 10.1 Å². The molecule has 2 N–H and O–H groups in total. The van der Waals surface area contributed by atoms with E-state index in [9.17, 15) is 9.59 Å². The van der Waals surface area contributed by atoms with Crippen LogP contribution in [0.25, 0.3) is 0 Å². The smallest absolute Gasteiger partial charge is 0.336 e. The number of hydrogen-bond acceptors (Lipinski definition) is 3. The van der Waals surface area contributed by atoms with Gasteiger partial charge in [0.1, 0.15) is 5.75 Å². The van der Waals surface area contributed by atoms with Crippen LogP contribution in [0.1, 0.15) is 22.8 Å². The Labute approximate surface area is 99.4 Å². The van der Waals surface area contributed by atoms with E-state index in [1.807, 2.05) is 6.92 Å². The number of benzene rings is 1. The maximum Gasteiger partial charge on any atom is 0.336 e. The van der Waals surface area contributed by atoms with E-state index >= 15 is 0 Å². The third-order valence-electron chi connectivity index (χ3n) is 2.27. The maximum absolute atomic E-state index is 11.4. The number of rotatable bonds is 5. The zero-order chi connectivity index (χ0) is 12.8. The number of carbonyl (C=O) groups excluding carboxylic acids is 1. The number of carbonyl (C=O) groups is 2. The lowest BCUT2D eigenvalue weighted by molar-refractivity contribution is -0.120. The molecule has 0 bridgehead atoms. The van der Waals surface area contributed by atoms with Crippen LogP contribution in [-0.4, -0.2) is 30.6 Å². The fraction of sp³-hybridized carbons (Fsp3) is 0.333. The van der Waals surface area contributed by atoms with Crippen LogP contribution in [0.15, 0.2) is 18.2 Å². The van der Waals surface area contributed by atoms with Gasteiger partial charge in [0, 0.05) is 6.54 Å². The maximum atomic E-state index is 11.4. The van der Waals surface area contributed by atoms with Gasteiger partial charge in [0.05, 0.1) is 19.1 Å². The highest BCUT2D eigenvalue weighted by Gasteiger charge is 2.13. The first kappa shape index (κ1) is 13.0. The lowest BCUT2D eigenvalue weighted by atomic mass is 10.0. The van der Waals surface area contributed by atoms with E-state index in [0.717, 1.165) is 0 Å². The lowest BCUT2D eigenvalue weighted by Crippen LogP contribution is -2.25. The zero-order valence-electron chi connectivity index (χ0n) is 9.82. The van der Waals surface area contributed by atoms with Gasteiger partial charge in [0.25, 0.3) is 0 Å². The molecule has 5 nitrogen and oxygen atoms in total. The first-order chi connectivity index (χ1) is 8.08. The summed E-state index contributed by atoms with van der Waals surface area (Å²) >= 11 is 0. The van der Waals surface area contributed by atoms with Crippen molar-refractivity contribution in [2.45, 2.75) is 13.3 Å². The van der Waals surface area contributed by atoms with Gasteiger partial charge in [-0.2, -0.15) is 0 Å². The lowest BCUT2D eigenvalue weighted by Gasteiger charge is -2.08. The van der Waals surface area contributed by atoms with Crippen molar-refractivity contribution in [3.63, 3.8) is 0 Å². The van der Waals surface area contributed by atoms with Crippen LogP contribution >= 0.6 is 0 Å². The van der Waals surface area contributed by atoms with Gasteiger partial charge in [-0.15, -0.1) is 0 Å². The molecule has 0 aliphatic heterocycles. The molecular formula is C12H15NO4. The van der Waals surface area contributed by atoms with Gasteiger partial charge in [-0.25, -0.2) is 4.79 Å². The average molecular weight is 237 g/mol. The summed E-state index contributed by atoms with van der Waals surface area (Å²) < 4.78 is 4.95. The molecule has 0 atom stereocenters. The van der Waals surface area contributed by atoms with E-state index in [1.54, 1.807) is 12.1 Å². The standard InChI is InChI=1S/C12H15NO4/c1-3-13-11(14)6-8-4-5-9(17-2)7-10(8)12(15)16/h4-5,7H,3,6H2,1-2H3,(H,13,14)(H,15,16). The summed E-state index contributed by atoms with van der Waals surface area (Å²) in [7, 11) is 1.46. The van der Waals surface area contributed by atoms with E-state index < -0.39 is 5.97 Å². The number of nitrogens with one attached hydrogen (secondary N) is 1. The summed E-state index contributed by atoms with van der Waals surface area (Å²) in [4.78, 5) is 22.4. The molecule has 0 saturated carbocycles. The minimum atomic E-state index is -1.07. The third kappa shape index (κ3) is 3.48. The van der Waals surface area contributed by atoms with Crippen LogP contribution in [0.2, 0.25) is 0 Å². The number of carboxylic acids is 1. The Kier molecular flexibility index (Phi) is 4.51. The van der Waals surface area contributed by atoms with Crippen molar-refractivity contribution < 1.29 is 19.4 Å². The van der Waals surface area contributed by atoms with Gasteiger partial charge < -0.3 is 15.2 Å². The van der Waals surface area contributed by atoms with Crippen molar-refractivity contribution in [2.75, 3.05) is 13.7 Å². The molecule has 0 aliphatic carbocycles. The SMILES string of the molecule is CCNC(=O)Cc1ccc(OC)cc1C(=O)O. The largest absolute Gasteiger partial charge is 0.497 e. The summed E-state index contributed by atoms with van der Waals surface area (Å²) in [6.07, 6.45) is 0.0550. The van der Waals surface area contributed by atoms with Crippen LogP contribution in [0.4, 0.5) is 0 Å². The van der Waals surface area contributed by atoms with Crippen molar-refractivity contribution >= 4 is 11.9 Å². The molecule has 0 aliphatic rings. The van der Waals surface area contributed by atoms with Crippen LogP contribution in [0, 0.1) is 0 Å². The van der Waals surface area contributed by atoms with Crippen molar-refractivity contribution in [1.29, 1.82) is 0 Å². The molecule has 1 aromatic carbocycles. The number of amides is 1. The predicted octanol–water partition coefficient (Wildman–Crippen LogP) is 1.07. The normalized spacial score (nSPS) is 9.76. The van der Waals surface area contributed by atoms with Crippen LogP contribution in [-0.2, 0) is 11.2 Å². The Morgan fingerprint density at radius 3 is 2.65 bits per heavy atom. The molecular weight excluding hydrogens is 222 g/mol. The van der Waals surface area contributed by atoms with Gasteiger partial charge in [0.15, 0.2) is 0 Å². The summed E-state index contributed by atoms with van der Waals surface area (Å²) in [5.41, 5.74) is 0.569. The number of ether oxygens (including phenoxy) is 1. The second-order valence-electron chi connectivity index (χ2n) is 3.46. The first-order valence-electron chi connectivity index (χ1n) is 5.25. The number of aromatic carboxylic acids is 1. The van der Waals surface area contributed by atoms with Crippen molar-refractivity contribution in [3.05, 3.63) is 29.3 Å². The molecule has 1 aromatic rings. The van der Waals surface area contributed by atoms with Crippen molar-refractivity contribution in [3.8, 4) is 5.75 Å². The number of carboxylic acid groups (broad SMARTS) is 1. The van der Waals surface area contributed by atoms with E-state index in [2.05, 4.69) is 5.32 Å². The Morgan fingerprint density at radius 1 is 1.41 bits per heavy atom. The molecule has 0 unspecified atom stereocenters. The Balaban J connectivity index is 2.98. The minimum absolute atomic E-state index is 0.0550. The highest BCUT2D eigenvalue weighted by atomic mass is 16.5. The van der Waals surface area contributed by atoms with E-state index in [-0.39, 0.29) is 17.9 Å². The molecule has 92 valence electrons.